The molecule has 1 aliphatic carbocycles. The molecule has 8 nitrogen and oxygen atoms in total. The molecule has 1 fully saturated rings. The number of halogens is 3. The third kappa shape index (κ3) is 3.93. The number of fused-ring (bicyclic) bond motifs is 1. The molecular formula is C18H18F3N3O5S. The number of hydrogen-bond acceptors (Lipinski definition) is 7. The number of alkyl halides is 3. The zero-order valence-electron chi connectivity index (χ0n) is 15.6. The Kier molecular flexibility index (Phi) is 5.53. The average Bonchev–Trinajstić information content (AvgIpc) is 3.32. The van der Waals surface area contributed by atoms with E-state index < -0.39 is 35.7 Å². The third-order valence-corrected chi connectivity index (χ3v) is 6.49. The molecule has 2 aromatic rings. The number of carboxylic acids is 1. The maximum Gasteiger partial charge on any atom is 0.455 e. The standard InChI is InChI=1S/C18H18F3N3O5S/c19-18(20,21)17-23-14(29-24-17)12-10-5-6-28-7-11(10)30-15(12)22-13(25)8-3-1-2-4-9(8)16(26)27/h8-9H,1-7H2,(H,22,25)(H,26,27)/t8?,9-/m1/s1. The van der Waals surface area contributed by atoms with Crippen LogP contribution in [-0.4, -0.2) is 33.7 Å². The molecule has 2 aliphatic rings. The van der Waals surface area contributed by atoms with Crippen molar-refractivity contribution < 1.29 is 37.1 Å². The quantitative estimate of drug-likeness (QED) is 0.737. The molecule has 1 saturated carbocycles. The van der Waals surface area contributed by atoms with Crippen molar-refractivity contribution >= 4 is 28.2 Å². The Balaban J connectivity index is 1.68. The minimum absolute atomic E-state index is 0.248. The van der Waals surface area contributed by atoms with E-state index in [1.807, 2.05) is 0 Å². The fraction of sp³-hybridized carbons (Fsp3) is 0.556. The molecule has 1 amide bonds. The number of nitrogens with one attached hydrogen (secondary N) is 1. The number of carbonyl (C=O) groups is 2. The summed E-state index contributed by atoms with van der Waals surface area (Å²) in [6, 6.07) is 0. The number of aliphatic carboxylic acids is 1. The van der Waals surface area contributed by atoms with Crippen LogP contribution >= 0.6 is 11.3 Å². The molecule has 0 aromatic carbocycles. The average molecular weight is 445 g/mol. The molecule has 0 radical (unpaired) electrons. The second-order valence-electron chi connectivity index (χ2n) is 7.26. The van der Waals surface area contributed by atoms with Gasteiger partial charge in [0, 0.05) is 4.88 Å². The molecular weight excluding hydrogens is 427 g/mol. The van der Waals surface area contributed by atoms with E-state index >= 15 is 0 Å². The zero-order chi connectivity index (χ0) is 21.5. The highest BCUT2D eigenvalue weighted by molar-refractivity contribution is 7.17. The SMILES string of the molecule is O=C(Nc1sc2c(c1-c1nc(C(F)(F)F)no1)CCOC2)C1CCCC[C@H]1C(=O)O. The Morgan fingerprint density at radius 3 is 2.60 bits per heavy atom. The van der Waals surface area contributed by atoms with E-state index in [0.29, 0.717) is 31.4 Å². The summed E-state index contributed by atoms with van der Waals surface area (Å²) in [7, 11) is 0. The van der Waals surface area contributed by atoms with Gasteiger partial charge in [0.25, 0.3) is 11.7 Å². The van der Waals surface area contributed by atoms with Crippen molar-refractivity contribution in [1.29, 1.82) is 0 Å². The molecule has 4 rings (SSSR count). The van der Waals surface area contributed by atoms with Crippen molar-refractivity contribution in [2.24, 2.45) is 11.8 Å². The van der Waals surface area contributed by atoms with Gasteiger partial charge < -0.3 is 19.7 Å². The second-order valence-corrected chi connectivity index (χ2v) is 8.36. The molecule has 0 bridgehead atoms. The Morgan fingerprint density at radius 1 is 1.20 bits per heavy atom. The molecule has 12 heteroatoms. The van der Waals surface area contributed by atoms with E-state index in [-0.39, 0.29) is 23.1 Å². The van der Waals surface area contributed by atoms with Gasteiger partial charge in [-0.3, -0.25) is 9.59 Å². The van der Waals surface area contributed by atoms with Crippen LogP contribution in [0.2, 0.25) is 0 Å². The molecule has 3 heterocycles. The maximum absolute atomic E-state index is 12.9. The molecule has 30 heavy (non-hydrogen) atoms. The number of aromatic nitrogens is 2. The first kappa shape index (κ1) is 20.8. The summed E-state index contributed by atoms with van der Waals surface area (Å²) in [5.41, 5.74) is 0.940. The number of amides is 1. The lowest BCUT2D eigenvalue weighted by atomic mass is 9.79. The van der Waals surface area contributed by atoms with Gasteiger partial charge in [-0.1, -0.05) is 18.0 Å². The van der Waals surface area contributed by atoms with Gasteiger partial charge in [0.05, 0.1) is 30.6 Å². The predicted octanol–water partition coefficient (Wildman–Crippen LogP) is 3.72. The first-order chi connectivity index (χ1) is 14.3. The lowest BCUT2D eigenvalue weighted by Crippen LogP contribution is -2.36. The van der Waals surface area contributed by atoms with Crippen LogP contribution in [0.1, 0.15) is 41.9 Å². The second kappa shape index (κ2) is 7.99. The third-order valence-electron chi connectivity index (χ3n) is 5.37. The number of hydrogen-bond donors (Lipinski definition) is 2. The van der Waals surface area contributed by atoms with Crippen LogP contribution in [0, 0.1) is 11.8 Å². The van der Waals surface area contributed by atoms with Crippen LogP contribution in [0.25, 0.3) is 11.5 Å². The van der Waals surface area contributed by atoms with Crippen LogP contribution in [0.3, 0.4) is 0 Å². The normalized spacial score (nSPS) is 21.8. The number of carboxylic acid groups (broad SMARTS) is 1. The van der Waals surface area contributed by atoms with Gasteiger partial charge in [0.1, 0.15) is 5.00 Å². The Bertz CT molecular complexity index is 971. The van der Waals surface area contributed by atoms with E-state index in [4.69, 9.17) is 9.26 Å². The van der Waals surface area contributed by atoms with Gasteiger partial charge in [-0.2, -0.15) is 18.2 Å². The van der Waals surface area contributed by atoms with Crippen LogP contribution in [0.5, 0.6) is 0 Å². The fourth-order valence-corrected chi connectivity index (χ4v) is 5.11. The molecule has 162 valence electrons. The van der Waals surface area contributed by atoms with Crippen molar-refractivity contribution in [3.63, 3.8) is 0 Å². The minimum Gasteiger partial charge on any atom is -0.481 e. The highest BCUT2D eigenvalue weighted by atomic mass is 32.1. The van der Waals surface area contributed by atoms with Crippen molar-refractivity contribution in [2.45, 2.75) is 44.9 Å². The van der Waals surface area contributed by atoms with Gasteiger partial charge in [0.15, 0.2) is 0 Å². The summed E-state index contributed by atoms with van der Waals surface area (Å²) in [5.74, 6) is -4.75. The summed E-state index contributed by atoms with van der Waals surface area (Å²) in [6.07, 6.45) is -2.02. The molecule has 0 spiro atoms. The monoisotopic (exact) mass is 445 g/mol. The van der Waals surface area contributed by atoms with E-state index in [1.54, 1.807) is 0 Å². The van der Waals surface area contributed by atoms with Crippen LogP contribution < -0.4 is 5.32 Å². The Hall–Kier alpha value is -2.47. The first-order valence-corrected chi connectivity index (χ1v) is 10.2. The number of ether oxygens (including phenoxy) is 1. The zero-order valence-corrected chi connectivity index (χ0v) is 16.4. The number of nitrogens with zero attached hydrogens (tertiary/aromatic N) is 2. The van der Waals surface area contributed by atoms with Crippen LogP contribution in [0.4, 0.5) is 18.2 Å². The van der Waals surface area contributed by atoms with Crippen molar-refractivity contribution in [2.75, 3.05) is 11.9 Å². The highest BCUT2D eigenvalue weighted by Crippen LogP contribution is 2.44. The van der Waals surface area contributed by atoms with Gasteiger partial charge in [-0.25, -0.2) is 0 Å². The van der Waals surface area contributed by atoms with Crippen molar-refractivity contribution in [3.8, 4) is 11.5 Å². The summed E-state index contributed by atoms with van der Waals surface area (Å²) >= 11 is 1.16. The first-order valence-electron chi connectivity index (χ1n) is 9.43. The number of carbonyl (C=O) groups excluding carboxylic acids is 1. The number of rotatable bonds is 4. The Labute approximate surface area is 172 Å². The van der Waals surface area contributed by atoms with E-state index in [0.717, 1.165) is 29.1 Å². The van der Waals surface area contributed by atoms with E-state index in [9.17, 15) is 27.9 Å². The summed E-state index contributed by atoms with van der Waals surface area (Å²) in [5, 5.41) is 15.4. The topological polar surface area (TPSA) is 115 Å². The largest absolute Gasteiger partial charge is 0.481 e. The number of anilines is 1. The van der Waals surface area contributed by atoms with E-state index in [2.05, 4.69) is 15.5 Å². The predicted molar refractivity (Wildman–Crippen MR) is 97.7 cm³/mol. The van der Waals surface area contributed by atoms with Crippen molar-refractivity contribution in [1.82, 2.24) is 10.1 Å². The van der Waals surface area contributed by atoms with Gasteiger partial charge >= 0.3 is 12.1 Å². The number of thiophene rings is 1. The highest BCUT2D eigenvalue weighted by Gasteiger charge is 2.39. The molecule has 1 aliphatic heterocycles. The minimum atomic E-state index is -4.76. The van der Waals surface area contributed by atoms with Crippen molar-refractivity contribution in [3.05, 3.63) is 16.3 Å². The van der Waals surface area contributed by atoms with Crippen LogP contribution in [0.15, 0.2) is 4.52 Å². The van der Waals surface area contributed by atoms with Crippen LogP contribution in [-0.2, 0) is 33.5 Å². The summed E-state index contributed by atoms with van der Waals surface area (Å²) in [6.45, 7) is 0.623. The summed E-state index contributed by atoms with van der Waals surface area (Å²) in [4.78, 5) is 28.7. The lowest BCUT2D eigenvalue weighted by molar-refractivity contribution is -0.147. The molecule has 0 saturated heterocycles. The molecule has 2 atom stereocenters. The maximum atomic E-state index is 12.9. The molecule has 1 unspecified atom stereocenters. The van der Waals surface area contributed by atoms with Gasteiger partial charge in [-0.05, 0) is 24.8 Å². The fourth-order valence-electron chi connectivity index (χ4n) is 3.93. The summed E-state index contributed by atoms with van der Waals surface area (Å²) < 4.78 is 49.1. The lowest BCUT2D eigenvalue weighted by Gasteiger charge is -2.27. The van der Waals surface area contributed by atoms with E-state index in [1.165, 1.54) is 0 Å². The molecule has 2 N–H and O–H groups in total. The van der Waals surface area contributed by atoms with Gasteiger partial charge in [0.2, 0.25) is 5.91 Å². The van der Waals surface area contributed by atoms with Gasteiger partial charge in [-0.15, -0.1) is 11.3 Å². The molecule has 2 aromatic heterocycles. The Morgan fingerprint density at radius 2 is 1.93 bits per heavy atom. The smallest absolute Gasteiger partial charge is 0.455 e.